The van der Waals surface area contributed by atoms with E-state index < -0.39 is 0 Å². The van der Waals surface area contributed by atoms with E-state index in [1.54, 1.807) is 4.90 Å². The van der Waals surface area contributed by atoms with Crippen molar-refractivity contribution in [2.75, 3.05) is 32.1 Å². The molecule has 1 aliphatic rings. The van der Waals surface area contributed by atoms with Crippen molar-refractivity contribution in [2.45, 2.75) is 26.3 Å². The van der Waals surface area contributed by atoms with Gasteiger partial charge in [0.05, 0.1) is 12.0 Å². The van der Waals surface area contributed by atoms with Gasteiger partial charge in [-0.2, -0.15) is 0 Å². The number of nitrogens with zero attached hydrogens (tertiary/aromatic N) is 2. The van der Waals surface area contributed by atoms with Crippen LogP contribution in [0.5, 0.6) is 0 Å². The summed E-state index contributed by atoms with van der Waals surface area (Å²) < 4.78 is 0. The third-order valence-electron chi connectivity index (χ3n) is 5.64. The third kappa shape index (κ3) is 4.25. The van der Waals surface area contributed by atoms with Crippen LogP contribution in [0, 0.1) is 19.8 Å². The van der Waals surface area contributed by atoms with Gasteiger partial charge in [0, 0.05) is 25.2 Å². The lowest BCUT2D eigenvalue weighted by Crippen LogP contribution is -2.38. The Labute approximate surface area is 167 Å². The van der Waals surface area contributed by atoms with Crippen molar-refractivity contribution in [3.8, 4) is 0 Å². The molecule has 1 fully saturated rings. The summed E-state index contributed by atoms with van der Waals surface area (Å²) in [7, 11) is 4.01. The molecule has 2 aromatic rings. The number of hydrogen-bond acceptors (Lipinski definition) is 3. The SMILES string of the molecule is Cc1cccc(N2C[C@@H](C(=O)NC[C@H](c3ccccc3)N(C)C)CC2=O)c1C. The smallest absolute Gasteiger partial charge is 0.227 e. The highest BCUT2D eigenvalue weighted by molar-refractivity contribution is 6.00. The zero-order valence-electron chi connectivity index (χ0n) is 17.1. The molecule has 1 N–H and O–H groups in total. The molecule has 1 aliphatic heterocycles. The summed E-state index contributed by atoms with van der Waals surface area (Å²) in [5.41, 5.74) is 4.31. The van der Waals surface area contributed by atoms with E-state index in [0.29, 0.717) is 13.1 Å². The van der Waals surface area contributed by atoms with E-state index >= 15 is 0 Å². The minimum Gasteiger partial charge on any atom is -0.354 e. The number of nitrogens with one attached hydrogen (secondary N) is 1. The largest absolute Gasteiger partial charge is 0.354 e. The van der Waals surface area contributed by atoms with E-state index in [9.17, 15) is 9.59 Å². The first-order valence-electron chi connectivity index (χ1n) is 9.74. The molecule has 0 radical (unpaired) electrons. The van der Waals surface area contributed by atoms with Crippen LogP contribution in [-0.4, -0.2) is 43.9 Å². The first-order valence-corrected chi connectivity index (χ1v) is 9.74. The molecule has 3 rings (SSSR count). The summed E-state index contributed by atoms with van der Waals surface area (Å²) in [6, 6.07) is 16.2. The van der Waals surface area contributed by atoms with Gasteiger partial charge in [0.15, 0.2) is 0 Å². The number of aryl methyl sites for hydroxylation is 1. The zero-order chi connectivity index (χ0) is 20.3. The number of anilines is 1. The van der Waals surface area contributed by atoms with Gasteiger partial charge in [-0.05, 0) is 50.7 Å². The Morgan fingerprint density at radius 2 is 1.86 bits per heavy atom. The Hall–Kier alpha value is -2.66. The molecule has 5 nitrogen and oxygen atoms in total. The van der Waals surface area contributed by atoms with Crippen molar-refractivity contribution < 1.29 is 9.59 Å². The molecule has 0 bridgehead atoms. The molecule has 148 valence electrons. The molecule has 2 atom stereocenters. The van der Waals surface area contributed by atoms with E-state index in [1.165, 1.54) is 0 Å². The van der Waals surface area contributed by atoms with E-state index in [4.69, 9.17) is 0 Å². The number of rotatable bonds is 6. The number of benzene rings is 2. The van der Waals surface area contributed by atoms with Crippen LogP contribution >= 0.6 is 0 Å². The maximum Gasteiger partial charge on any atom is 0.227 e. The molecular weight excluding hydrogens is 350 g/mol. The topological polar surface area (TPSA) is 52.7 Å². The summed E-state index contributed by atoms with van der Waals surface area (Å²) in [5.74, 6) is -0.351. The summed E-state index contributed by atoms with van der Waals surface area (Å²) in [5, 5.41) is 3.06. The van der Waals surface area contributed by atoms with E-state index in [2.05, 4.69) is 22.3 Å². The van der Waals surface area contributed by atoms with Crippen LogP contribution in [0.15, 0.2) is 48.5 Å². The molecular formula is C23H29N3O2. The van der Waals surface area contributed by atoms with Gasteiger partial charge in [0.1, 0.15) is 0 Å². The fourth-order valence-electron chi connectivity index (χ4n) is 3.76. The maximum atomic E-state index is 12.8. The Morgan fingerprint density at radius 3 is 2.54 bits per heavy atom. The maximum absolute atomic E-state index is 12.8. The minimum absolute atomic E-state index is 0.0149. The van der Waals surface area contributed by atoms with Crippen molar-refractivity contribution >= 4 is 17.5 Å². The molecule has 0 spiro atoms. The molecule has 1 saturated heterocycles. The molecule has 2 aromatic carbocycles. The van der Waals surface area contributed by atoms with Gasteiger partial charge in [-0.15, -0.1) is 0 Å². The monoisotopic (exact) mass is 379 g/mol. The Balaban J connectivity index is 1.65. The van der Waals surface area contributed by atoms with Crippen LogP contribution < -0.4 is 10.2 Å². The average molecular weight is 380 g/mol. The number of carbonyl (C=O) groups is 2. The number of hydrogen-bond donors (Lipinski definition) is 1. The van der Waals surface area contributed by atoms with Crippen LogP contribution in [-0.2, 0) is 9.59 Å². The molecule has 5 heteroatoms. The Morgan fingerprint density at radius 1 is 1.14 bits per heavy atom. The number of likely N-dealkylation sites (N-methyl/N-ethyl adjacent to an activating group) is 1. The van der Waals surface area contributed by atoms with Gasteiger partial charge in [-0.1, -0.05) is 42.5 Å². The Bertz CT molecular complexity index is 848. The predicted molar refractivity (Wildman–Crippen MR) is 112 cm³/mol. The number of amides is 2. The average Bonchev–Trinajstić information content (AvgIpc) is 3.06. The molecule has 1 heterocycles. The van der Waals surface area contributed by atoms with Crippen molar-refractivity contribution in [1.29, 1.82) is 0 Å². The van der Waals surface area contributed by atoms with Gasteiger partial charge >= 0.3 is 0 Å². The van der Waals surface area contributed by atoms with Gasteiger partial charge in [-0.3, -0.25) is 9.59 Å². The predicted octanol–water partition coefficient (Wildman–Crippen LogP) is 3.08. The Kier molecular flexibility index (Phi) is 6.15. The van der Waals surface area contributed by atoms with Crippen molar-refractivity contribution in [3.05, 3.63) is 65.2 Å². The first kappa shape index (κ1) is 20.1. The lowest BCUT2D eigenvalue weighted by molar-refractivity contribution is -0.126. The highest BCUT2D eigenvalue weighted by Crippen LogP contribution is 2.29. The highest BCUT2D eigenvalue weighted by atomic mass is 16.2. The third-order valence-corrected chi connectivity index (χ3v) is 5.64. The molecule has 2 amide bonds. The first-order chi connectivity index (χ1) is 13.4. The minimum atomic E-state index is -0.314. The van der Waals surface area contributed by atoms with E-state index in [-0.39, 0.29) is 30.2 Å². The summed E-state index contributed by atoms with van der Waals surface area (Å²) in [6.07, 6.45) is 0.261. The lowest BCUT2D eigenvalue weighted by Gasteiger charge is -2.26. The van der Waals surface area contributed by atoms with Crippen molar-refractivity contribution in [1.82, 2.24) is 10.2 Å². The second kappa shape index (κ2) is 8.57. The highest BCUT2D eigenvalue weighted by Gasteiger charge is 2.36. The second-order valence-electron chi connectivity index (χ2n) is 7.76. The van der Waals surface area contributed by atoms with Crippen LogP contribution in [0.25, 0.3) is 0 Å². The molecule has 28 heavy (non-hydrogen) atoms. The van der Waals surface area contributed by atoms with Crippen LogP contribution in [0.1, 0.15) is 29.2 Å². The molecule has 0 saturated carbocycles. The molecule has 0 unspecified atom stereocenters. The van der Waals surface area contributed by atoms with Crippen LogP contribution in [0.2, 0.25) is 0 Å². The van der Waals surface area contributed by atoms with E-state index in [0.717, 1.165) is 22.4 Å². The summed E-state index contributed by atoms with van der Waals surface area (Å²) in [4.78, 5) is 29.2. The molecule has 0 aromatic heterocycles. The van der Waals surface area contributed by atoms with Gasteiger partial charge in [0.25, 0.3) is 0 Å². The van der Waals surface area contributed by atoms with Crippen molar-refractivity contribution in [3.63, 3.8) is 0 Å². The quantitative estimate of drug-likeness (QED) is 0.839. The summed E-state index contributed by atoms with van der Waals surface area (Å²) >= 11 is 0. The standard InChI is InChI=1S/C23H29N3O2/c1-16-9-8-12-20(17(16)2)26-15-19(13-22(26)27)23(28)24-14-21(25(3)4)18-10-6-5-7-11-18/h5-12,19,21H,13-15H2,1-4H3,(H,24,28)/t19-,21+/m0/s1. The second-order valence-corrected chi connectivity index (χ2v) is 7.76. The normalized spacial score (nSPS) is 17.8. The fourth-order valence-corrected chi connectivity index (χ4v) is 3.76. The number of carbonyl (C=O) groups excluding carboxylic acids is 2. The molecule has 0 aliphatic carbocycles. The lowest BCUT2D eigenvalue weighted by atomic mass is 10.0. The van der Waals surface area contributed by atoms with Crippen LogP contribution in [0.3, 0.4) is 0 Å². The van der Waals surface area contributed by atoms with Crippen LogP contribution in [0.4, 0.5) is 5.69 Å². The zero-order valence-corrected chi connectivity index (χ0v) is 17.1. The fraction of sp³-hybridized carbons (Fsp3) is 0.391. The van der Waals surface area contributed by atoms with Crippen molar-refractivity contribution in [2.24, 2.45) is 5.92 Å². The van der Waals surface area contributed by atoms with Gasteiger partial charge < -0.3 is 15.1 Å². The summed E-state index contributed by atoms with van der Waals surface area (Å²) in [6.45, 7) is 5.01. The van der Waals surface area contributed by atoms with Gasteiger partial charge in [0.2, 0.25) is 11.8 Å². The van der Waals surface area contributed by atoms with E-state index in [1.807, 2.05) is 64.3 Å². The van der Waals surface area contributed by atoms with Gasteiger partial charge in [-0.25, -0.2) is 0 Å².